The average Bonchev–Trinajstić information content (AvgIpc) is 3.21. The molecular formula is C27H31ClF3N5O3. The van der Waals surface area contributed by atoms with E-state index in [-0.39, 0.29) is 23.8 Å². The molecule has 0 unspecified atom stereocenters. The van der Waals surface area contributed by atoms with Gasteiger partial charge in [-0.1, -0.05) is 17.7 Å². The van der Waals surface area contributed by atoms with Crippen molar-refractivity contribution in [1.82, 2.24) is 9.88 Å². The summed E-state index contributed by atoms with van der Waals surface area (Å²) in [6.45, 7) is 6.43. The first-order valence-electron chi connectivity index (χ1n) is 13.0. The first-order valence-corrected chi connectivity index (χ1v) is 13.4. The van der Waals surface area contributed by atoms with Crippen LogP contribution in [0.3, 0.4) is 0 Å². The normalized spacial score (nSPS) is 22.6. The fourth-order valence-electron chi connectivity index (χ4n) is 5.78. The van der Waals surface area contributed by atoms with Crippen LogP contribution >= 0.6 is 11.6 Å². The quantitative estimate of drug-likeness (QED) is 0.546. The maximum Gasteiger partial charge on any atom is 0.416 e. The Morgan fingerprint density at radius 3 is 2.59 bits per heavy atom. The fraction of sp³-hybridized carbons (Fsp3) is 0.519. The Labute approximate surface area is 230 Å². The molecule has 2 saturated heterocycles. The number of para-hydroxylation sites is 1. The number of amides is 2. The number of hydrogen-bond acceptors (Lipinski definition) is 6. The number of nitrogens with zero attached hydrogens (tertiary/aromatic N) is 5. The monoisotopic (exact) mass is 565 g/mol. The van der Waals surface area contributed by atoms with Crippen molar-refractivity contribution < 1.29 is 27.5 Å². The second-order valence-electron chi connectivity index (χ2n) is 10.3. The minimum Gasteiger partial charge on any atom is -0.379 e. The first-order chi connectivity index (χ1) is 18.5. The lowest BCUT2D eigenvalue weighted by Gasteiger charge is -2.39. The summed E-state index contributed by atoms with van der Waals surface area (Å²) in [6.07, 6.45) is -3.77. The Hall–Kier alpha value is -2.89. The van der Waals surface area contributed by atoms with Gasteiger partial charge in [0.1, 0.15) is 11.9 Å². The van der Waals surface area contributed by atoms with Gasteiger partial charge in [0.05, 0.1) is 35.2 Å². The molecule has 0 radical (unpaired) electrons. The highest BCUT2D eigenvalue weighted by Crippen LogP contribution is 2.43. The van der Waals surface area contributed by atoms with Crippen LogP contribution in [0.25, 0.3) is 0 Å². The molecule has 2 amide bonds. The molecule has 0 aliphatic carbocycles. The van der Waals surface area contributed by atoms with E-state index in [1.165, 1.54) is 11.8 Å². The van der Waals surface area contributed by atoms with Gasteiger partial charge < -0.3 is 14.5 Å². The van der Waals surface area contributed by atoms with E-state index >= 15 is 0 Å². The molecule has 4 heterocycles. The van der Waals surface area contributed by atoms with Gasteiger partial charge >= 0.3 is 6.18 Å². The highest BCUT2D eigenvalue weighted by Gasteiger charge is 2.49. The van der Waals surface area contributed by atoms with Crippen LogP contribution in [0.15, 0.2) is 30.3 Å². The van der Waals surface area contributed by atoms with E-state index in [9.17, 15) is 22.8 Å². The second-order valence-corrected chi connectivity index (χ2v) is 10.7. The molecule has 1 aromatic heterocycles. The molecule has 2 atom stereocenters. The molecule has 0 bridgehead atoms. The number of ether oxygens (including phenoxy) is 1. The number of benzene rings is 1. The number of alkyl halides is 3. The third-order valence-corrected chi connectivity index (χ3v) is 7.94. The molecule has 12 heteroatoms. The Morgan fingerprint density at radius 1 is 1.13 bits per heavy atom. The predicted octanol–water partition coefficient (Wildman–Crippen LogP) is 3.99. The van der Waals surface area contributed by atoms with Crippen molar-refractivity contribution in [3.05, 3.63) is 46.6 Å². The van der Waals surface area contributed by atoms with Gasteiger partial charge in [0.15, 0.2) is 0 Å². The second kappa shape index (κ2) is 10.9. The number of likely N-dealkylation sites (N-methyl/N-ethyl adjacent to an activating group) is 1. The summed E-state index contributed by atoms with van der Waals surface area (Å²) in [4.78, 5) is 38.5. The topological polar surface area (TPSA) is 69.2 Å². The Balaban J connectivity index is 1.49. The number of carbonyl (C=O) groups is 2. The SMILES string of the molecule is Cc1cc(C(F)(F)F)cc(N2C(=O)C[C@@H]3CN(CCCN4CCOCC4)c4c(Cl)cccc4N(C)C(=O)[C@H]32)n1. The summed E-state index contributed by atoms with van der Waals surface area (Å²) in [5.41, 5.74) is 0.513. The zero-order chi connectivity index (χ0) is 27.9. The summed E-state index contributed by atoms with van der Waals surface area (Å²) >= 11 is 6.68. The number of hydrogen-bond donors (Lipinski definition) is 0. The first kappa shape index (κ1) is 27.7. The summed E-state index contributed by atoms with van der Waals surface area (Å²) in [7, 11) is 1.61. The molecular weight excluding hydrogens is 535 g/mol. The minimum absolute atomic E-state index is 0.0149. The third-order valence-electron chi connectivity index (χ3n) is 7.63. The van der Waals surface area contributed by atoms with Crippen molar-refractivity contribution in [1.29, 1.82) is 0 Å². The molecule has 1 aromatic carbocycles. The summed E-state index contributed by atoms with van der Waals surface area (Å²) in [5.74, 6) is -1.44. The Kier molecular flexibility index (Phi) is 7.76. The van der Waals surface area contributed by atoms with E-state index in [0.717, 1.165) is 48.8 Å². The van der Waals surface area contributed by atoms with Crippen LogP contribution in [-0.4, -0.2) is 80.7 Å². The standard InChI is InChI=1S/C27H31ClF3N5O3/c1-17-13-19(27(29,30)31)15-22(32-17)36-23(37)14-18-16-35(8-4-7-34-9-11-39-12-10-34)25-20(28)5-3-6-21(25)33(2)26(38)24(18)36/h3,5-6,13,15,18,24H,4,7-12,14,16H2,1-2H3/t18-,24+/m1/s1. The summed E-state index contributed by atoms with van der Waals surface area (Å²) in [6, 6.07) is 6.11. The highest BCUT2D eigenvalue weighted by atomic mass is 35.5. The van der Waals surface area contributed by atoms with E-state index in [4.69, 9.17) is 16.3 Å². The number of fused-ring (bicyclic) bond motifs is 2. The number of aryl methyl sites for hydroxylation is 1. The number of carbonyl (C=O) groups excluding carboxylic acids is 2. The van der Waals surface area contributed by atoms with Crippen molar-refractivity contribution in [3.8, 4) is 0 Å². The van der Waals surface area contributed by atoms with E-state index in [2.05, 4.69) is 14.8 Å². The maximum absolute atomic E-state index is 13.9. The molecule has 8 nitrogen and oxygen atoms in total. The van der Waals surface area contributed by atoms with Crippen LogP contribution in [0.2, 0.25) is 5.02 Å². The van der Waals surface area contributed by atoms with Crippen molar-refractivity contribution in [2.75, 3.05) is 67.7 Å². The summed E-state index contributed by atoms with van der Waals surface area (Å²) < 4.78 is 46.2. The Morgan fingerprint density at radius 2 is 1.87 bits per heavy atom. The zero-order valence-electron chi connectivity index (χ0n) is 21.9. The highest BCUT2D eigenvalue weighted by molar-refractivity contribution is 6.34. The van der Waals surface area contributed by atoms with Crippen molar-refractivity contribution in [2.24, 2.45) is 5.92 Å². The van der Waals surface area contributed by atoms with Crippen molar-refractivity contribution >= 4 is 40.6 Å². The van der Waals surface area contributed by atoms with Crippen LogP contribution in [0.4, 0.5) is 30.4 Å². The predicted molar refractivity (Wildman–Crippen MR) is 142 cm³/mol. The van der Waals surface area contributed by atoms with Gasteiger partial charge in [0.25, 0.3) is 0 Å². The van der Waals surface area contributed by atoms with Gasteiger partial charge in [-0.2, -0.15) is 13.2 Å². The molecule has 3 aliphatic rings. The number of aromatic nitrogens is 1. The van der Waals surface area contributed by atoms with Gasteiger partial charge in [-0.05, 0) is 37.6 Å². The molecule has 0 N–H and O–H groups in total. The van der Waals surface area contributed by atoms with Crippen LogP contribution < -0.4 is 14.7 Å². The van der Waals surface area contributed by atoms with Gasteiger partial charge in [0, 0.05) is 57.8 Å². The van der Waals surface area contributed by atoms with Gasteiger partial charge in [-0.3, -0.25) is 19.4 Å². The Bertz CT molecular complexity index is 1250. The molecule has 210 valence electrons. The third kappa shape index (κ3) is 5.57. The van der Waals surface area contributed by atoms with Gasteiger partial charge in [-0.15, -0.1) is 0 Å². The number of rotatable bonds is 5. The molecule has 2 aromatic rings. The van der Waals surface area contributed by atoms with Crippen LogP contribution in [-0.2, 0) is 20.5 Å². The molecule has 2 fully saturated rings. The van der Waals surface area contributed by atoms with E-state index < -0.39 is 29.6 Å². The van der Waals surface area contributed by atoms with E-state index in [0.29, 0.717) is 37.0 Å². The van der Waals surface area contributed by atoms with Crippen molar-refractivity contribution in [3.63, 3.8) is 0 Å². The van der Waals surface area contributed by atoms with Crippen LogP contribution in [0.1, 0.15) is 24.1 Å². The van der Waals surface area contributed by atoms with Gasteiger partial charge in [0.2, 0.25) is 11.8 Å². The molecule has 39 heavy (non-hydrogen) atoms. The molecule has 5 rings (SSSR count). The fourth-order valence-corrected chi connectivity index (χ4v) is 6.07. The number of pyridine rings is 1. The lowest BCUT2D eigenvalue weighted by atomic mass is 9.95. The van der Waals surface area contributed by atoms with E-state index in [1.807, 2.05) is 0 Å². The minimum atomic E-state index is -4.61. The van der Waals surface area contributed by atoms with Crippen molar-refractivity contribution in [2.45, 2.75) is 32.0 Å². The average molecular weight is 566 g/mol. The largest absolute Gasteiger partial charge is 0.416 e. The lowest BCUT2D eigenvalue weighted by Crippen LogP contribution is -2.52. The molecule has 3 aliphatic heterocycles. The van der Waals surface area contributed by atoms with Crippen LogP contribution in [0.5, 0.6) is 0 Å². The van der Waals surface area contributed by atoms with E-state index in [1.54, 1.807) is 25.2 Å². The number of halogens is 4. The smallest absolute Gasteiger partial charge is 0.379 e. The number of anilines is 3. The molecule has 0 spiro atoms. The number of morpholine rings is 1. The van der Waals surface area contributed by atoms with Crippen LogP contribution in [0, 0.1) is 12.8 Å². The lowest BCUT2D eigenvalue weighted by molar-refractivity contribution is -0.137. The zero-order valence-corrected chi connectivity index (χ0v) is 22.6. The van der Waals surface area contributed by atoms with Gasteiger partial charge in [-0.25, -0.2) is 4.98 Å². The molecule has 0 saturated carbocycles. The maximum atomic E-state index is 13.9. The summed E-state index contributed by atoms with van der Waals surface area (Å²) in [5, 5.41) is 0.494.